The van der Waals surface area contributed by atoms with Gasteiger partial charge in [0.15, 0.2) is 6.20 Å². The van der Waals surface area contributed by atoms with Crippen LogP contribution in [-0.2, 0) is 7.05 Å². The molecule has 1 rings (SSSR count). The number of halogens is 1. The number of aromatic nitrogens is 1. The van der Waals surface area contributed by atoms with Gasteiger partial charge >= 0.3 is 5.97 Å². The van der Waals surface area contributed by atoms with E-state index in [2.05, 4.69) is 0 Å². The second-order valence-electron chi connectivity index (χ2n) is 2.38. The Hall–Kier alpha value is -1.25. The van der Waals surface area contributed by atoms with Crippen LogP contribution in [0.5, 0.6) is 0 Å². The number of hydrogen-bond acceptors (Lipinski definition) is 5. The van der Waals surface area contributed by atoms with Gasteiger partial charge in [0, 0.05) is 12.1 Å². The van der Waals surface area contributed by atoms with Crippen molar-refractivity contribution >= 4 is 5.97 Å². The fourth-order valence-electron chi connectivity index (χ4n) is 0.746. The predicted octanol–water partition coefficient (Wildman–Crippen LogP) is -4.55. The third-order valence-electron chi connectivity index (χ3n) is 1.27. The summed E-state index contributed by atoms with van der Waals surface area (Å²) in [6.07, 6.45) is 1.70. The van der Waals surface area contributed by atoms with Gasteiger partial charge in [0.1, 0.15) is 7.05 Å². The minimum absolute atomic E-state index is 0.294. The van der Waals surface area contributed by atoms with Crippen molar-refractivity contribution in [2.75, 3.05) is 0 Å². The third-order valence-corrected chi connectivity index (χ3v) is 1.27. The zero-order valence-electron chi connectivity index (χ0n) is 7.62. The van der Waals surface area contributed by atoms with Gasteiger partial charge in [-0.1, -0.05) is 0 Å². The van der Waals surface area contributed by atoms with Crippen LogP contribution in [0.2, 0.25) is 0 Å². The lowest BCUT2D eigenvalue weighted by Crippen LogP contribution is -2.68. The number of carboxylic acids is 1. The predicted molar refractivity (Wildman–Crippen MR) is 34.6 cm³/mol. The standard InChI is InChI=1S/C7H7NO2.ClHO4/c1-8-5-3-2-4-6(8)7(9)10;2-1(3,4)5/h2-5H,1H3;(H,2,3,4,5). The van der Waals surface area contributed by atoms with E-state index in [0.29, 0.717) is 5.69 Å². The molecular weight excluding hydrogens is 230 g/mol. The quantitative estimate of drug-likeness (QED) is 0.489. The van der Waals surface area contributed by atoms with Crippen molar-refractivity contribution in [1.29, 1.82) is 0 Å². The second kappa shape index (κ2) is 5.59. The van der Waals surface area contributed by atoms with Gasteiger partial charge in [-0.25, -0.2) is 23.4 Å². The summed E-state index contributed by atoms with van der Waals surface area (Å²) >= 11 is 0. The van der Waals surface area contributed by atoms with Crippen molar-refractivity contribution in [3.05, 3.63) is 30.1 Å². The molecule has 0 saturated heterocycles. The first-order valence-corrected chi connectivity index (χ1v) is 4.75. The van der Waals surface area contributed by atoms with Crippen molar-refractivity contribution in [1.82, 2.24) is 0 Å². The smallest absolute Gasteiger partial charge is 0.401 e. The van der Waals surface area contributed by atoms with Crippen molar-refractivity contribution in [2.45, 2.75) is 0 Å². The van der Waals surface area contributed by atoms with E-state index in [0.717, 1.165) is 0 Å². The first-order chi connectivity index (χ1) is 6.72. The molecule has 0 amide bonds. The molecule has 15 heavy (non-hydrogen) atoms. The van der Waals surface area contributed by atoms with Crippen LogP contribution in [0.15, 0.2) is 24.4 Å². The molecule has 0 spiro atoms. The molecule has 1 N–H and O–H groups in total. The lowest BCUT2D eigenvalue weighted by atomic mass is 10.3. The fourth-order valence-corrected chi connectivity index (χ4v) is 0.746. The Balaban J connectivity index is 0.000000336. The van der Waals surface area contributed by atoms with Crippen LogP contribution in [0.3, 0.4) is 0 Å². The van der Waals surface area contributed by atoms with E-state index in [4.69, 9.17) is 23.7 Å². The minimum atomic E-state index is -4.94. The van der Waals surface area contributed by atoms with Crippen LogP contribution in [-0.4, -0.2) is 11.1 Å². The first kappa shape index (κ1) is 13.8. The molecule has 0 saturated carbocycles. The van der Waals surface area contributed by atoms with Gasteiger partial charge in [-0.3, -0.25) is 0 Å². The van der Waals surface area contributed by atoms with Gasteiger partial charge in [-0.05, 0) is 6.07 Å². The highest BCUT2D eigenvalue weighted by molar-refractivity contribution is 5.83. The maximum Gasteiger partial charge on any atom is 0.401 e. The van der Waals surface area contributed by atoms with Crippen molar-refractivity contribution in [2.24, 2.45) is 7.05 Å². The molecule has 1 heterocycles. The molecule has 0 aliphatic carbocycles. The summed E-state index contributed by atoms with van der Waals surface area (Å²) in [5.41, 5.74) is 0.294. The average Bonchev–Trinajstić information content (AvgIpc) is 2.01. The number of carboxylic acid groups (broad SMARTS) is 1. The van der Waals surface area contributed by atoms with Crippen LogP contribution < -0.4 is 23.2 Å². The molecule has 84 valence electrons. The molecule has 0 radical (unpaired) electrons. The monoisotopic (exact) mass is 237 g/mol. The maximum absolute atomic E-state index is 10.4. The Labute approximate surface area is 87.2 Å². The number of aryl methyl sites for hydroxylation is 1. The number of aromatic carboxylic acids is 1. The summed E-state index contributed by atoms with van der Waals surface area (Å²) in [5.74, 6) is -0.900. The van der Waals surface area contributed by atoms with Gasteiger partial charge in [0.05, 0.1) is 0 Å². The number of hydrogen-bond donors (Lipinski definition) is 1. The summed E-state index contributed by atoms with van der Waals surface area (Å²) in [6.45, 7) is 0. The zero-order chi connectivity index (χ0) is 12.1. The van der Waals surface area contributed by atoms with E-state index < -0.39 is 16.2 Å². The molecule has 0 aromatic carbocycles. The van der Waals surface area contributed by atoms with Crippen molar-refractivity contribution in [3.8, 4) is 0 Å². The molecule has 1 aromatic rings. The van der Waals surface area contributed by atoms with E-state index in [-0.39, 0.29) is 0 Å². The van der Waals surface area contributed by atoms with Crippen LogP contribution in [0.25, 0.3) is 0 Å². The van der Waals surface area contributed by atoms with Crippen LogP contribution in [0, 0.1) is 10.2 Å². The van der Waals surface area contributed by atoms with Gasteiger partial charge in [-0.15, -0.1) is 10.2 Å². The second-order valence-corrected chi connectivity index (χ2v) is 3.14. The Morgan fingerprint density at radius 3 is 2.07 bits per heavy atom. The largest absolute Gasteiger partial charge is 0.473 e. The molecule has 0 aliphatic rings. The third kappa shape index (κ3) is 7.79. The molecule has 8 heteroatoms. The molecule has 0 bridgehead atoms. The molecule has 0 fully saturated rings. The van der Waals surface area contributed by atoms with Gasteiger partial charge in [-0.2, -0.15) is 4.57 Å². The van der Waals surface area contributed by atoms with Gasteiger partial charge in [0.25, 0.3) is 5.69 Å². The lowest BCUT2D eigenvalue weighted by molar-refractivity contribution is -2.00. The number of rotatable bonds is 1. The fraction of sp³-hybridized carbons (Fsp3) is 0.143. The normalized spacial score (nSPS) is 10.2. The van der Waals surface area contributed by atoms with Crippen LogP contribution in [0.4, 0.5) is 0 Å². The SMILES string of the molecule is C[n+]1ccccc1C(=O)O.[O-][Cl+3]([O-])([O-])[O-]. The molecule has 0 unspecified atom stereocenters. The first-order valence-electron chi connectivity index (χ1n) is 3.51. The lowest BCUT2D eigenvalue weighted by Gasteiger charge is -2.17. The Bertz CT molecular complexity index is 330. The molecule has 0 aliphatic heterocycles. The highest BCUT2D eigenvalue weighted by Crippen LogP contribution is 1.88. The van der Waals surface area contributed by atoms with Gasteiger partial charge < -0.3 is 5.11 Å². The highest BCUT2D eigenvalue weighted by Gasteiger charge is 2.11. The Kier molecular flexibility index (Phi) is 5.12. The van der Waals surface area contributed by atoms with Crippen LogP contribution in [0.1, 0.15) is 10.5 Å². The summed E-state index contributed by atoms with van der Waals surface area (Å²) in [7, 11) is -3.25. The summed E-state index contributed by atoms with van der Waals surface area (Å²) in [5, 5.41) is 8.54. The molecule has 7 nitrogen and oxygen atoms in total. The Morgan fingerprint density at radius 2 is 1.80 bits per heavy atom. The summed E-state index contributed by atoms with van der Waals surface area (Å²) < 4.78 is 35.5. The molecule has 0 atom stereocenters. The summed E-state index contributed by atoms with van der Waals surface area (Å²) in [6, 6.07) is 5.04. The van der Waals surface area contributed by atoms with Crippen LogP contribution >= 0.6 is 0 Å². The maximum atomic E-state index is 10.4. The van der Waals surface area contributed by atoms with E-state index >= 15 is 0 Å². The average molecular weight is 238 g/mol. The van der Waals surface area contributed by atoms with E-state index in [1.165, 1.54) is 0 Å². The minimum Gasteiger partial charge on any atom is -0.473 e. The van der Waals surface area contributed by atoms with E-state index in [1.54, 1.807) is 36.0 Å². The molecular formula is C7H8ClNO6. The number of carbonyl (C=O) groups is 1. The van der Waals surface area contributed by atoms with E-state index in [9.17, 15) is 4.79 Å². The highest BCUT2D eigenvalue weighted by atomic mass is 35.7. The number of nitrogens with zero attached hydrogens (tertiary/aromatic N) is 1. The zero-order valence-corrected chi connectivity index (χ0v) is 8.38. The number of pyridine rings is 1. The van der Waals surface area contributed by atoms with E-state index in [1.807, 2.05) is 0 Å². The molecule has 1 aromatic heterocycles. The summed E-state index contributed by atoms with van der Waals surface area (Å²) in [4.78, 5) is 10.4. The van der Waals surface area contributed by atoms with Crippen molar-refractivity contribution < 1.29 is 43.3 Å². The van der Waals surface area contributed by atoms with Gasteiger partial charge in [0.2, 0.25) is 0 Å². The van der Waals surface area contributed by atoms with Crippen molar-refractivity contribution in [3.63, 3.8) is 0 Å². The Morgan fingerprint density at radius 1 is 1.33 bits per heavy atom. The topological polar surface area (TPSA) is 133 Å².